The lowest BCUT2D eigenvalue weighted by Crippen LogP contribution is -2.43. The number of carbonyl (C=O) groups excluding carboxylic acids is 1. The molecule has 2 aliphatic rings. The summed E-state index contributed by atoms with van der Waals surface area (Å²) in [7, 11) is 5.46. The van der Waals surface area contributed by atoms with E-state index < -0.39 is 0 Å². The van der Waals surface area contributed by atoms with Crippen molar-refractivity contribution in [3.8, 4) is 5.75 Å². The van der Waals surface area contributed by atoms with Crippen molar-refractivity contribution in [1.82, 2.24) is 24.9 Å². The zero-order valence-electron chi connectivity index (χ0n) is 18.3. The van der Waals surface area contributed by atoms with E-state index in [1.54, 1.807) is 19.0 Å². The second kappa shape index (κ2) is 10.3. The lowest BCUT2D eigenvalue weighted by Gasteiger charge is -2.31. The van der Waals surface area contributed by atoms with Gasteiger partial charge in [-0.2, -0.15) is 5.10 Å². The number of benzene rings is 1. The standard InChI is InChI=1S/C22H30N6O2.HI/c1-26(2)21(29)13-23-22(25-19-9-11-30-20-7-5-4-6-18(19)20)28-10-8-16(15-28)17-12-24-27(3)14-17;/h4-7,12,14,16,19H,8-11,13,15H2,1-3H3,(H,23,25);1H. The highest BCUT2D eigenvalue weighted by molar-refractivity contribution is 14.0. The van der Waals surface area contributed by atoms with Gasteiger partial charge in [-0.05, 0) is 18.1 Å². The number of para-hydroxylation sites is 1. The molecule has 168 valence electrons. The Morgan fingerprint density at radius 1 is 1.32 bits per heavy atom. The first-order chi connectivity index (χ1) is 14.5. The molecular formula is C22H31IN6O2. The third-order valence-electron chi connectivity index (χ3n) is 5.81. The first-order valence-electron chi connectivity index (χ1n) is 10.5. The number of aromatic nitrogens is 2. The first-order valence-corrected chi connectivity index (χ1v) is 10.5. The molecule has 3 heterocycles. The maximum atomic E-state index is 12.2. The van der Waals surface area contributed by atoms with Gasteiger partial charge in [0, 0.05) is 58.3 Å². The number of aryl methyl sites for hydroxylation is 1. The Labute approximate surface area is 200 Å². The van der Waals surface area contributed by atoms with E-state index in [0.29, 0.717) is 12.5 Å². The number of carbonyl (C=O) groups is 1. The van der Waals surface area contributed by atoms with Crippen LogP contribution < -0.4 is 10.1 Å². The SMILES string of the molecule is CN(C)C(=O)CN=C(NC1CCOc2ccccc21)N1CCC(c2cnn(C)c2)C1.I. The quantitative estimate of drug-likeness (QED) is 0.368. The van der Waals surface area contributed by atoms with E-state index in [0.717, 1.165) is 43.2 Å². The summed E-state index contributed by atoms with van der Waals surface area (Å²) >= 11 is 0. The summed E-state index contributed by atoms with van der Waals surface area (Å²) in [4.78, 5) is 20.7. The second-order valence-electron chi connectivity index (χ2n) is 8.18. The molecule has 1 amide bonds. The van der Waals surface area contributed by atoms with Crippen LogP contribution in [0.1, 0.15) is 35.9 Å². The molecule has 2 unspecified atom stereocenters. The summed E-state index contributed by atoms with van der Waals surface area (Å²) in [5, 5.41) is 7.95. The average Bonchev–Trinajstić information content (AvgIpc) is 3.40. The van der Waals surface area contributed by atoms with Gasteiger partial charge in [-0.25, -0.2) is 4.99 Å². The molecule has 0 bridgehead atoms. The van der Waals surface area contributed by atoms with Crippen molar-refractivity contribution in [2.24, 2.45) is 12.0 Å². The highest BCUT2D eigenvalue weighted by Gasteiger charge is 2.30. The maximum absolute atomic E-state index is 12.2. The zero-order chi connectivity index (χ0) is 21.1. The van der Waals surface area contributed by atoms with E-state index in [1.165, 1.54) is 5.56 Å². The molecule has 0 radical (unpaired) electrons. The molecule has 1 aromatic heterocycles. The molecule has 2 atom stereocenters. The number of hydrogen-bond donors (Lipinski definition) is 1. The van der Waals surface area contributed by atoms with Gasteiger partial charge in [0.25, 0.3) is 0 Å². The van der Waals surface area contributed by atoms with Crippen molar-refractivity contribution in [3.05, 3.63) is 47.8 Å². The Hall–Kier alpha value is -2.30. The lowest BCUT2D eigenvalue weighted by molar-refractivity contribution is -0.127. The number of likely N-dealkylation sites (N-methyl/N-ethyl adjacent to an activating group) is 1. The van der Waals surface area contributed by atoms with Crippen LogP contribution in [0.25, 0.3) is 0 Å². The largest absolute Gasteiger partial charge is 0.493 e. The summed E-state index contributed by atoms with van der Waals surface area (Å²) in [5.74, 6) is 2.11. The van der Waals surface area contributed by atoms with Crippen molar-refractivity contribution in [3.63, 3.8) is 0 Å². The fourth-order valence-corrected chi connectivity index (χ4v) is 4.04. The van der Waals surface area contributed by atoms with Gasteiger partial charge >= 0.3 is 0 Å². The Balaban J connectivity index is 0.00000272. The topological polar surface area (TPSA) is 75.0 Å². The van der Waals surface area contributed by atoms with E-state index in [2.05, 4.69) is 27.6 Å². The number of rotatable bonds is 4. The molecule has 4 rings (SSSR count). The fourth-order valence-electron chi connectivity index (χ4n) is 4.04. The van der Waals surface area contributed by atoms with Crippen molar-refractivity contribution >= 4 is 35.8 Å². The van der Waals surface area contributed by atoms with Gasteiger partial charge in [-0.1, -0.05) is 18.2 Å². The number of nitrogens with one attached hydrogen (secondary N) is 1. The molecule has 1 saturated heterocycles. The molecule has 0 saturated carbocycles. The molecular weight excluding hydrogens is 507 g/mol. The van der Waals surface area contributed by atoms with Gasteiger partial charge < -0.3 is 19.9 Å². The third kappa shape index (κ3) is 5.50. The van der Waals surface area contributed by atoms with Crippen molar-refractivity contribution in [2.75, 3.05) is 40.3 Å². The average molecular weight is 538 g/mol. The van der Waals surface area contributed by atoms with E-state index in [9.17, 15) is 4.79 Å². The van der Waals surface area contributed by atoms with Crippen LogP contribution >= 0.6 is 24.0 Å². The number of fused-ring (bicyclic) bond motifs is 1. The summed E-state index contributed by atoms with van der Waals surface area (Å²) in [6.07, 6.45) is 5.93. The number of likely N-dealkylation sites (tertiary alicyclic amines) is 1. The minimum atomic E-state index is -0.00955. The molecule has 1 fully saturated rings. The van der Waals surface area contributed by atoms with Crippen molar-refractivity contribution < 1.29 is 9.53 Å². The summed E-state index contributed by atoms with van der Waals surface area (Å²) in [6.45, 7) is 2.55. The Morgan fingerprint density at radius 3 is 2.87 bits per heavy atom. The number of hydrogen-bond acceptors (Lipinski definition) is 4. The van der Waals surface area contributed by atoms with Crippen molar-refractivity contribution in [1.29, 1.82) is 0 Å². The molecule has 1 aromatic carbocycles. The first kappa shape index (κ1) is 23.4. The smallest absolute Gasteiger partial charge is 0.243 e. The Kier molecular flexibility index (Phi) is 7.79. The van der Waals surface area contributed by atoms with Crippen LogP contribution in [-0.4, -0.2) is 71.8 Å². The monoisotopic (exact) mass is 538 g/mol. The van der Waals surface area contributed by atoms with E-state index in [1.807, 2.05) is 36.1 Å². The van der Waals surface area contributed by atoms with Crippen LogP contribution in [0.5, 0.6) is 5.75 Å². The number of ether oxygens (including phenoxy) is 1. The molecule has 1 N–H and O–H groups in total. The fraction of sp³-hybridized carbons (Fsp3) is 0.500. The van der Waals surface area contributed by atoms with Gasteiger partial charge in [0.15, 0.2) is 5.96 Å². The predicted molar refractivity (Wildman–Crippen MR) is 131 cm³/mol. The van der Waals surface area contributed by atoms with Crippen LogP contribution in [0.4, 0.5) is 0 Å². The highest BCUT2D eigenvalue weighted by atomic mass is 127. The minimum absolute atomic E-state index is 0. The van der Waals surface area contributed by atoms with Gasteiger partial charge in [0.1, 0.15) is 12.3 Å². The summed E-state index contributed by atoms with van der Waals surface area (Å²) in [6, 6.07) is 8.23. The van der Waals surface area contributed by atoms with Gasteiger partial charge in [0.2, 0.25) is 5.91 Å². The molecule has 2 aliphatic heterocycles. The number of halogens is 1. The molecule has 8 nitrogen and oxygen atoms in total. The zero-order valence-corrected chi connectivity index (χ0v) is 20.7. The molecule has 9 heteroatoms. The Bertz CT molecular complexity index is 928. The Morgan fingerprint density at radius 2 is 2.13 bits per heavy atom. The predicted octanol–water partition coefficient (Wildman–Crippen LogP) is 2.39. The summed E-state index contributed by atoms with van der Waals surface area (Å²) < 4.78 is 7.65. The third-order valence-corrected chi connectivity index (χ3v) is 5.81. The van der Waals surface area contributed by atoms with Crippen molar-refractivity contribution in [2.45, 2.75) is 24.8 Å². The van der Waals surface area contributed by atoms with Crippen LogP contribution in [0, 0.1) is 0 Å². The summed E-state index contributed by atoms with van der Waals surface area (Å²) in [5.41, 5.74) is 2.39. The van der Waals surface area contributed by atoms with Gasteiger partial charge in [-0.3, -0.25) is 9.48 Å². The number of amides is 1. The number of guanidine groups is 1. The molecule has 31 heavy (non-hydrogen) atoms. The van der Waals surface area contributed by atoms with Gasteiger partial charge in [0.05, 0.1) is 18.8 Å². The highest BCUT2D eigenvalue weighted by Crippen LogP contribution is 2.32. The molecule has 0 spiro atoms. The number of nitrogens with zero attached hydrogens (tertiary/aromatic N) is 5. The van der Waals surface area contributed by atoms with Gasteiger partial charge in [-0.15, -0.1) is 24.0 Å². The van der Waals surface area contributed by atoms with E-state index >= 15 is 0 Å². The number of aliphatic imine (C=N–C) groups is 1. The molecule has 2 aromatic rings. The van der Waals surface area contributed by atoms with E-state index in [-0.39, 0.29) is 42.5 Å². The lowest BCUT2D eigenvalue weighted by atomic mass is 10.0. The van der Waals surface area contributed by atoms with E-state index in [4.69, 9.17) is 9.73 Å². The van der Waals surface area contributed by atoms with Crippen LogP contribution in [0.15, 0.2) is 41.7 Å². The van der Waals surface area contributed by atoms with Crippen LogP contribution in [0.2, 0.25) is 0 Å². The van der Waals surface area contributed by atoms with Crippen LogP contribution in [-0.2, 0) is 11.8 Å². The molecule has 0 aliphatic carbocycles. The maximum Gasteiger partial charge on any atom is 0.243 e. The van der Waals surface area contributed by atoms with Crippen LogP contribution in [0.3, 0.4) is 0 Å². The normalized spacial score (nSPS) is 20.5. The second-order valence-corrected chi connectivity index (χ2v) is 8.18. The minimum Gasteiger partial charge on any atom is -0.493 e.